The van der Waals surface area contributed by atoms with E-state index in [1.54, 1.807) is 25.1 Å². The fourth-order valence-electron chi connectivity index (χ4n) is 2.88. The number of carbonyl (C=O) groups is 1. The van der Waals surface area contributed by atoms with Crippen LogP contribution in [0.15, 0.2) is 84.9 Å². The number of rotatable bonds is 8. The van der Waals surface area contributed by atoms with Crippen molar-refractivity contribution in [2.24, 2.45) is 0 Å². The molecule has 0 unspecified atom stereocenters. The van der Waals surface area contributed by atoms with Gasteiger partial charge >= 0.3 is 0 Å². The Morgan fingerprint density at radius 1 is 0.897 bits per heavy atom. The van der Waals surface area contributed by atoms with Gasteiger partial charge in [-0.05, 0) is 34.9 Å². The summed E-state index contributed by atoms with van der Waals surface area (Å²) in [5.74, 6) is 1.27. The number of benzene rings is 3. The quantitative estimate of drug-likeness (QED) is 0.514. The van der Waals surface area contributed by atoms with E-state index in [1.165, 1.54) is 0 Å². The highest BCUT2D eigenvalue weighted by Crippen LogP contribution is 2.29. The zero-order valence-electron chi connectivity index (χ0n) is 16.7. The molecule has 0 heterocycles. The minimum atomic E-state index is -0.0581. The summed E-state index contributed by atoms with van der Waals surface area (Å²) >= 11 is 0. The highest BCUT2D eigenvalue weighted by molar-refractivity contribution is 5.91. The Morgan fingerprint density at radius 3 is 2.28 bits per heavy atom. The van der Waals surface area contributed by atoms with Crippen LogP contribution >= 0.6 is 0 Å². The molecule has 0 bridgehead atoms. The van der Waals surface area contributed by atoms with Gasteiger partial charge in [0.1, 0.15) is 6.61 Å². The first kappa shape index (κ1) is 20.2. The Kier molecular flexibility index (Phi) is 7.06. The first-order valence-electron chi connectivity index (χ1n) is 9.47. The summed E-state index contributed by atoms with van der Waals surface area (Å²) in [5, 5.41) is 0. The summed E-state index contributed by atoms with van der Waals surface area (Å²) < 4.78 is 11.4. The monoisotopic (exact) mass is 387 g/mol. The molecule has 148 valence electrons. The van der Waals surface area contributed by atoms with Crippen LogP contribution in [0.3, 0.4) is 0 Å². The number of nitrogens with zero attached hydrogens (tertiary/aromatic N) is 1. The Balaban J connectivity index is 1.61. The second-order valence-electron chi connectivity index (χ2n) is 6.70. The maximum atomic E-state index is 12.4. The highest BCUT2D eigenvalue weighted by Gasteiger charge is 2.10. The molecule has 3 aromatic carbocycles. The van der Waals surface area contributed by atoms with Crippen molar-refractivity contribution in [1.82, 2.24) is 4.90 Å². The van der Waals surface area contributed by atoms with Crippen molar-refractivity contribution < 1.29 is 14.3 Å². The molecule has 0 fully saturated rings. The van der Waals surface area contributed by atoms with E-state index in [-0.39, 0.29) is 5.91 Å². The summed E-state index contributed by atoms with van der Waals surface area (Å²) in [6.45, 7) is 0.951. The van der Waals surface area contributed by atoms with Crippen LogP contribution in [0, 0.1) is 0 Å². The van der Waals surface area contributed by atoms with Crippen LogP contribution in [0.4, 0.5) is 0 Å². The Hall–Kier alpha value is -3.53. The van der Waals surface area contributed by atoms with Crippen LogP contribution in [0.25, 0.3) is 6.08 Å². The Morgan fingerprint density at radius 2 is 1.59 bits per heavy atom. The SMILES string of the molecule is COc1cc(CN(C)C(=O)/C=C/c2ccccc2)ccc1OCc1ccccc1. The molecule has 0 N–H and O–H groups in total. The third-order valence-electron chi connectivity index (χ3n) is 4.48. The molecule has 0 radical (unpaired) electrons. The van der Waals surface area contributed by atoms with Gasteiger partial charge in [-0.1, -0.05) is 66.7 Å². The predicted octanol–water partition coefficient (Wildman–Crippen LogP) is 4.95. The van der Waals surface area contributed by atoms with Crippen molar-refractivity contribution in [2.45, 2.75) is 13.2 Å². The second kappa shape index (κ2) is 10.1. The molecule has 1 amide bonds. The van der Waals surface area contributed by atoms with Gasteiger partial charge in [-0.25, -0.2) is 0 Å². The molecule has 0 saturated heterocycles. The number of ether oxygens (including phenoxy) is 2. The number of amides is 1. The third-order valence-corrected chi connectivity index (χ3v) is 4.48. The lowest BCUT2D eigenvalue weighted by Gasteiger charge is -2.17. The topological polar surface area (TPSA) is 38.8 Å². The van der Waals surface area contributed by atoms with Gasteiger partial charge in [0.25, 0.3) is 0 Å². The van der Waals surface area contributed by atoms with E-state index < -0.39 is 0 Å². The van der Waals surface area contributed by atoms with Crippen LogP contribution in [0.5, 0.6) is 11.5 Å². The first-order chi connectivity index (χ1) is 14.2. The average Bonchev–Trinajstić information content (AvgIpc) is 2.77. The molecule has 0 saturated carbocycles. The molecule has 0 aliphatic carbocycles. The molecule has 0 spiro atoms. The van der Waals surface area contributed by atoms with Crippen LogP contribution in [-0.2, 0) is 17.9 Å². The molecular formula is C25H25NO3. The van der Waals surface area contributed by atoms with E-state index in [2.05, 4.69) is 0 Å². The molecule has 0 aliphatic rings. The summed E-state index contributed by atoms with van der Waals surface area (Å²) in [6.07, 6.45) is 3.41. The normalized spacial score (nSPS) is 10.7. The van der Waals surface area contributed by atoms with Crippen molar-refractivity contribution in [2.75, 3.05) is 14.2 Å². The number of hydrogen-bond acceptors (Lipinski definition) is 3. The minimum absolute atomic E-state index is 0.0581. The lowest BCUT2D eigenvalue weighted by atomic mass is 10.1. The van der Waals surface area contributed by atoms with Crippen molar-refractivity contribution in [1.29, 1.82) is 0 Å². The zero-order valence-corrected chi connectivity index (χ0v) is 16.7. The van der Waals surface area contributed by atoms with Crippen molar-refractivity contribution >= 4 is 12.0 Å². The summed E-state index contributed by atoms with van der Waals surface area (Å²) in [4.78, 5) is 14.1. The van der Waals surface area contributed by atoms with E-state index in [1.807, 2.05) is 84.9 Å². The van der Waals surface area contributed by atoms with Crippen molar-refractivity contribution in [3.63, 3.8) is 0 Å². The van der Waals surface area contributed by atoms with Gasteiger partial charge < -0.3 is 14.4 Å². The van der Waals surface area contributed by atoms with E-state index in [0.717, 1.165) is 16.7 Å². The minimum Gasteiger partial charge on any atom is -0.493 e. The average molecular weight is 387 g/mol. The van der Waals surface area contributed by atoms with Gasteiger partial charge in [0, 0.05) is 19.7 Å². The highest BCUT2D eigenvalue weighted by atomic mass is 16.5. The van der Waals surface area contributed by atoms with Crippen LogP contribution < -0.4 is 9.47 Å². The molecule has 3 rings (SSSR count). The predicted molar refractivity (Wildman–Crippen MR) is 116 cm³/mol. The van der Waals surface area contributed by atoms with Gasteiger partial charge in [-0.3, -0.25) is 4.79 Å². The lowest BCUT2D eigenvalue weighted by Crippen LogP contribution is -2.24. The van der Waals surface area contributed by atoms with E-state index in [4.69, 9.17) is 9.47 Å². The van der Waals surface area contributed by atoms with Gasteiger partial charge in [0.05, 0.1) is 7.11 Å². The molecule has 0 aliphatic heterocycles. The van der Waals surface area contributed by atoms with Gasteiger partial charge in [-0.2, -0.15) is 0 Å². The third kappa shape index (κ3) is 5.98. The second-order valence-corrected chi connectivity index (χ2v) is 6.70. The number of hydrogen-bond donors (Lipinski definition) is 0. The first-order valence-corrected chi connectivity index (χ1v) is 9.47. The van der Waals surface area contributed by atoms with Gasteiger partial charge in [-0.15, -0.1) is 0 Å². The van der Waals surface area contributed by atoms with Crippen LogP contribution in [0.1, 0.15) is 16.7 Å². The van der Waals surface area contributed by atoms with Crippen molar-refractivity contribution in [3.8, 4) is 11.5 Å². The van der Waals surface area contributed by atoms with Gasteiger partial charge in [0.15, 0.2) is 11.5 Å². The maximum Gasteiger partial charge on any atom is 0.246 e. The molecule has 3 aromatic rings. The number of methoxy groups -OCH3 is 1. The van der Waals surface area contributed by atoms with Crippen LogP contribution in [0.2, 0.25) is 0 Å². The summed E-state index contributed by atoms with van der Waals surface area (Å²) in [6, 6.07) is 25.5. The molecule has 0 atom stereocenters. The molecule has 0 aromatic heterocycles. The van der Waals surface area contributed by atoms with E-state index in [9.17, 15) is 4.79 Å². The molecule has 29 heavy (non-hydrogen) atoms. The molecular weight excluding hydrogens is 362 g/mol. The fraction of sp³-hybridized carbons (Fsp3) is 0.160. The van der Waals surface area contributed by atoms with E-state index >= 15 is 0 Å². The maximum absolute atomic E-state index is 12.4. The smallest absolute Gasteiger partial charge is 0.246 e. The van der Waals surface area contributed by atoms with Crippen LogP contribution in [-0.4, -0.2) is 25.0 Å². The van der Waals surface area contributed by atoms with Crippen molar-refractivity contribution in [3.05, 3.63) is 102 Å². The van der Waals surface area contributed by atoms with Gasteiger partial charge in [0.2, 0.25) is 5.91 Å². The Labute approximate surface area is 172 Å². The molecule has 4 heteroatoms. The fourth-order valence-corrected chi connectivity index (χ4v) is 2.88. The summed E-state index contributed by atoms with van der Waals surface area (Å²) in [5.41, 5.74) is 3.06. The standard InChI is InChI=1S/C25H25NO3/c1-26(25(27)16-14-20-9-5-3-6-10-20)18-22-13-15-23(24(17-22)28-2)29-19-21-11-7-4-8-12-21/h3-17H,18-19H2,1-2H3/b16-14+. The largest absolute Gasteiger partial charge is 0.493 e. The lowest BCUT2D eigenvalue weighted by molar-refractivity contribution is -0.125. The zero-order chi connectivity index (χ0) is 20.5. The number of likely N-dealkylation sites (N-methyl/N-ethyl adjacent to an activating group) is 1. The number of carbonyl (C=O) groups excluding carboxylic acids is 1. The Bertz CT molecular complexity index is 952. The van der Waals surface area contributed by atoms with E-state index in [0.29, 0.717) is 24.7 Å². The summed E-state index contributed by atoms with van der Waals surface area (Å²) in [7, 11) is 3.40. The molecule has 4 nitrogen and oxygen atoms in total.